The molecule has 2 N–H and O–H groups in total. The summed E-state index contributed by atoms with van der Waals surface area (Å²) < 4.78 is 19.5. The third kappa shape index (κ3) is 2.81. The summed E-state index contributed by atoms with van der Waals surface area (Å²) >= 11 is 15.4. The van der Waals surface area contributed by atoms with Crippen LogP contribution >= 0.6 is 39.1 Å². The fraction of sp³-hybridized carbons (Fsp3) is 0.0667. The molecule has 0 bridgehead atoms. The lowest BCUT2D eigenvalue weighted by Crippen LogP contribution is -2.11. The Morgan fingerprint density at radius 2 is 1.90 bits per heavy atom. The van der Waals surface area contributed by atoms with E-state index in [-0.39, 0.29) is 5.82 Å². The second-order valence-electron chi connectivity index (χ2n) is 4.60. The Hall–Kier alpha value is -1.07. The Morgan fingerprint density at radius 1 is 1.14 bits per heavy atom. The molecule has 3 aromatic rings. The van der Waals surface area contributed by atoms with Crippen LogP contribution in [0.25, 0.3) is 11.0 Å². The van der Waals surface area contributed by atoms with E-state index in [2.05, 4.69) is 15.9 Å². The number of benzene rings is 2. The minimum absolute atomic E-state index is 0.336. The van der Waals surface area contributed by atoms with Gasteiger partial charge in [-0.25, -0.2) is 4.39 Å². The predicted octanol–water partition coefficient (Wildman–Crippen LogP) is 5.69. The van der Waals surface area contributed by atoms with Gasteiger partial charge in [-0.2, -0.15) is 0 Å². The highest BCUT2D eigenvalue weighted by Gasteiger charge is 2.18. The van der Waals surface area contributed by atoms with Gasteiger partial charge < -0.3 is 10.2 Å². The molecule has 0 spiro atoms. The van der Waals surface area contributed by atoms with E-state index in [4.69, 9.17) is 33.4 Å². The van der Waals surface area contributed by atoms with E-state index in [1.54, 1.807) is 24.3 Å². The first-order valence-electron chi connectivity index (χ1n) is 6.04. The van der Waals surface area contributed by atoms with Crippen LogP contribution in [0.3, 0.4) is 0 Å². The topological polar surface area (TPSA) is 39.2 Å². The van der Waals surface area contributed by atoms with Crippen LogP contribution in [0.1, 0.15) is 17.4 Å². The summed E-state index contributed by atoms with van der Waals surface area (Å²) in [5, 5.41) is 1.72. The van der Waals surface area contributed by atoms with Crippen molar-refractivity contribution < 1.29 is 8.81 Å². The fourth-order valence-corrected chi connectivity index (χ4v) is 3.30. The molecule has 1 aromatic heterocycles. The quantitative estimate of drug-likeness (QED) is 0.612. The van der Waals surface area contributed by atoms with Gasteiger partial charge in [0.25, 0.3) is 0 Å². The number of halogens is 4. The minimum Gasteiger partial charge on any atom is -0.457 e. The molecule has 0 amide bonds. The summed E-state index contributed by atoms with van der Waals surface area (Å²) in [6.45, 7) is 0. The van der Waals surface area contributed by atoms with Crippen LogP contribution in [0.2, 0.25) is 10.0 Å². The fourth-order valence-electron chi connectivity index (χ4n) is 2.16. The van der Waals surface area contributed by atoms with Gasteiger partial charge >= 0.3 is 0 Å². The van der Waals surface area contributed by atoms with E-state index in [1.165, 1.54) is 12.1 Å². The van der Waals surface area contributed by atoms with Gasteiger partial charge in [0, 0.05) is 14.9 Å². The zero-order valence-electron chi connectivity index (χ0n) is 10.5. The van der Waals surface area contributed by atoms with Crippen LogP contribution in [-0.2, 0) is 0 Å². The van der Waals surface area contributed by atoms with Crippen LogP contribution in [0, 0.1) is 5.82 Å². The van der Waals surface area contributed by atoms with Crippen LogP contribution in [-0.4, -0.2) is 0 Å². The maximum atomic E-state index is 13.2. The van der Waals surface area contributed by atoms with Gasteiger partial charge in [0.2, 0.25) is 0 Å². The van der Waals surface area contributed by atoms with Crippen LogP contribution in [0.5, 0.6) is 0 Å². The summed E-state index contributed by atoms with van der Waals surface area (Å²) in [5.41, 5.74) is 7.45. The van der Waals surface area contributed by atoms with Gasteiger partial charge in [-0.15, -0.1) is 0 Å². The number of furan rings is 1. The van der Waals surface area contributed by atoms with Gasteiger partial charge in [-0.1, -0.05) is 45.2 Å². The van der Waals surface area contributed by atoms with Crippen molar-refractivity contribution in [3.8, 4) is 0 Å². The summed E-state index contributed by atoms with van der Waals surface area (Å²) in [6.07, 6.45) is 0. The van der Waals surface area contributed by atoms with Crippen LogP contribution < -0.4 is 5.73 Å². The van der Waals surface area contributed by atoms with Gasteiger partial charge in [-0.05, 0) is 35.9 Å². The summed E-state index contributed by atoms with van der Waals surface area (Å²) in [7, 11) is 0. The number of rotatable bonds is 2. The van der Waals surface area contributed by atoms with E-state index in [1.807, 2.05) is 0 Å². The van der Waals surface area contributed by atoms with Crippen LogP contribution in [0.15, 0.2) is 45.3 Å². The predicted molar refractivity (Wildman–Crippen MR) is 86.4 cm³/mol. The lowest BCUT2D eigenvalue weighted by Gasteiger charge is -2.11. The summed E-state index contributed by atoms with van der Waals surface area (Å²) in [6, 6.07) is 8.94. The van der Waals surface area contributed by atoms with Crippen molar-refractivity contribution >= 4 is 50.1 Å². The third-order valence-electron chi connectivity index (χ3n) is 3.16. The average Bonchev–Trinajstić information content (AvgIpc) is 2.82. The van der Waals surface area contributed by atoms with E-state index in [0.29, 0.717) is 25.9 Å². The highest BCUT2D eigenvalue weighted by atomic mass is 79.9. The SMILES string of the molecule is NC(c1cc2cc(Cl)cc(Cl)c2o1)c1ccc(F)cc1Br. The molecule has 1 heterocycles. The highest BCUT2D eigenvalue weighted by Crippen LogP contribution is 2.35. The molecule has 1 atom stereocenters. The zero-order valence-corrected chi connectivity index (χ0v) is 13.6. The summed E-state index contributed by atoms with van der Waals surface area (Å²) in [5.74, 6) is 0.193. The van der Waals surface area contributed by atoms with Gasteiger partial charge in [0.1, 0.15) is 11.6 Å². The number of nitrogens with two attached hydrogens (primary N) is 1. The van der Waals surface area contributed by atoms with Crippen molar-refractivity contribution in [2.24, 2.45) is 5.73 Å². The van der Waals surface area contributed by atoms with Crippen molar-refractivity contribution in [1.82, 2.24) is 0 Å². The molecule has 21 heavy (non-hydrogen) atoms. The second-order valence-corrected chi connectivity index (χ2v) is 6.30. The molecule has 6 heteroatoms. The Balaban J connectivity index is 2.09. The molecule has 108 valence electrons. The molecular weight excluding hydrogens is 380 g/mol. The maximum absolute atomic E-state index is 13.2. The maximum Gasteiger partial charge on any atom is 0.153 e. The first-order chi connectivity index (χ1) is 9.95. The number of hydrogen-bond donors (Lipinski definition) is 1. The normalized spacial score (nSPS) is 12.8. The first kappa shape index (κ1) is 14.9. The highest BCUT2D eigenvalue weighted by molar-refractivity contribution is 9.10. The van der Waals surface area contributed by atoms with E-state index >= 15 is 0 Å². The van der Waals surface area contributed by atoms with E-state index in [9.17, 15) is 4.39 Å². The largest absolute Gasteiger partial charge is 0.457 e. The van der Waals surface area contributed by atoms with Gasteiger partial charge in [-0.3, -0.25) is 0 Å². The molecule has 2 aromatic carbocycles. The average molecular weight is 389 g/mol. The van der Waals surface area contributed by atoms with Crippen molar-refractivity contribution in [3.63, 3.8) is 0 Å². The molecule has 0 radical (unpaired) electrons. The number of hydrogen-bond acceptors (Lipinski definition) is 2. The molecule has 0 aliphatic rings. The van der Waals surface area contributed by atoms with Crippen molar-refractivity contribution in [2.75, 3.05) is 0 Å². The van der Waals surface area contributed by atoms with E-state index < -0.39 is 6.04 Å². The smallest absolute Gasteiger partial charge is 0.153 e. The third-order valence-corrected chi connectivity index (χ3v) is 4.34. The summed E-state index contributed by atoms with van der Waals surface area (Å²) in [4.78, 5) is 0. The molecule has 3 rings (SSSR count). The molecule has 0 saturated carbocycles. The monoisotopic (exact) mass is 387 g/mol. The number of fused-ring (bicyclic) bond motifs is 1. The molecule has 2 nitrogen and oxygen atoms in total. The minimum atomic E-state index is -0.540. The molecule has 0 saturated heterocycles. The van der Waals surface area contributed by atoms with Gasteiger partial charge in [0.15, 0.2) is 5.58 Å². The molecule has 0 fully saturated rings. The Morgan fingerprint density at radius 3 is 2.62 bits per heavy atom. The Bertz CT molecular complexity index is 834. The van der Waals surface area contributed by atoms with Crippen molar-refractivity contribution in [2.45, 2.75) is 6.04 Å². The van der Waals surface area contributed by atoms with E-state index in [0.717, 1.165) is 10.9 Å². The standard InChI is InChI=1S/C15H9BrCl2FNO/c16-11-6-9(19)1-2-10(11)14(20)13-4-7-3-8(17)5-12(18)15(7)21-13/h1-6,14H,20H2. The molecule has 1 unspecified atom stereocenters. The van der Waals surface area contributed by atoms with Crippen molar-refractivity contribution in [3.05, 3.63) is 68.1 Å². The van der Waals surface area contributed by atoms with Crippen LogP contribution in [0.4, 0.5) is 4.39 Å². The zero-order chi connectivity index (χ0) is 15.1. The van der Waals surface area contributed by atoms with Crippen molar-refractivity contribution in [1.29, 1.82) is 0 Å². The first-order valence-corrected chi connectivity index (χ1v) is 7.59. The van der Waals surface area contributed by atoms with Gasteiger partial charge in [0.05, 0.1) is 11.1 Å². The molecular formula is C15H9BrCl2FNO. The lowest BCUT2D eigenvalue weighted by atomic mass is 10.1. The Kier molecular flexibility index (Phi) is 3.97. The molecule has 0 aliphatic carbocycles. The lowest BCUT2D eigenvalue weighted by molar-refractivity contribution is 0.524. The molecule has 0 aliphatic heterocycles. The Labute approximate surface area is 138 Å². The second kappa shape index (κ2) is 5.61.